The summed E-state index contributed by atoms with van der Waals surface area (Å²) >= 11 is 0. The van der Waals surface area contributed by atoms with Gasteiger partial charge in [-0.1, -0.05) is 72.3 Å². The van der Waals surface area contributed by atoms with Crippen molar-refractivity contribution in [2.75, 3.05) is 45.9 Å². The van der Waals surface area contributed by atoms with Crippen LogP contribution in [0, 0.1) is 6.92 Å². The molecule has 5 heteroatoms. The minimum absolute atomic E-state index is 0.203. The van der Waals surface area contributed by atoms with Crippen molar-refractivity contribution >= 4 is 10.9 Å². The second kappa shape index (κ2) is 10.8. The fourth-order valence-corrected chi connectivity index (χ4v) is 5.35. The highest BCUT2D eigenvalue weighted by Gasteiger charge is 2.24. The number of aromatic nitrogens is 1. The lowest BCUT2D eigenvalue weighted by Gasteiger charge is -2.35. The predicted molar refractivity (Wildman–Crippen MR) is 144 cm³/mol. The number of aliphatic hydroxyl groups is 2. The standard InChI is InChI=1S/C30H35N3O2/c1-23-12-13-28-27(20-23)29(24-8-4-2-5-9-24)30(25-10-6-3-7-11-25)33(28)22-26(35)21-32-16-14-31(15-17-32)18-19-34/h2-13,20,26,34-35H,14-19,21-22H2,1H3/t26-/m0/s1. The number of piperazine rings is 1. The highest BCUT2D eigenvalue weighted by molar-refractivity contribution is 6.04. The van der Waals surface area contributed by atoms with E-state index in [2.05, 4.69) is 94.1 Å². The molecule has 0 radical (unpaired) electrons. The Labute approximate surface area is 207 Å². The van der Waals surface area contributed by atoms with E-state index in [-0.39, 0.29) is 6.61 Å². The van der Waals surface area contributed by atoms with E-state index in [0.29, 0.717) is 13.1 Å². The molecule has 0 spiro atoms. The molecule has 182 valence electrons. The highest BCUT2D eigenvalue weighted by atomic mass is 16.3. The lowest BCUT2D eigenvalue weighted by molar-refractivity contribution is 0.0598. The number of fused-ring (bicyclic) bond motifs is 1. The summed E-state index contributed by atoms with van der Waals surface area (Å²) in [7, 11) is 0. The van der Waals surface area contributed by atoms with Gasteiger partial charge in [0.2, 0.25) is 0 Å². The van der Waals surface area contributed by atoms with Gasteiger partial charge in [0.25, 0.3) is 0 Å². The van der Waals surface area contributed by atoms with Gasteiger partial charge in [-0.15, -0.1) is 0 Å². The lowest BCUT2D eigenvalue weighted by atomic mass is 9.98. The van der Waals surface area contributed by atoms with Gasteiger partial charge in [-0.25, -0.2) is 0 Å². The molecule has 0 bridgehead atoms. The number of benzene rings is 3. The molecule has 0 saturated carbocycles. The van der Waals surface area contributed by atoms with Gasteiger partial charge in [0.15, 0.2) is 0 Å². The minimum Gasteiger partial charge on any atom is -0.395 e. The van der Waals surface area contributed by atoms with Crippen LogP contribution in [0.4, 0.5) is 0 Å². The van der Waals surface area contributed by atoms with Gasteiger partial charge >= 0.3 is 0 Å². The van der Waals surface area contributed by atoms with Crippen molar-refractivity contribution in [2.45, 2.75) is 19.6 Å². The predicted octanol–water partition coefficient (Wildman–Crippen LogP) is 4.25. The third-order valence-corrected chi connectivity index (χ3v) is 7.07. The van der Waals surface area contributed by atoms with Crippen LogP contribution in [0.2, 0.25) is 0 Å². The van der Waals surface area contributed by atoms with Gasteiger partial charge < -0.3 is 14.8 Å². The van der Waals surface area contributed by atoms with E-state index in [0.717, 1.165) is 49.5 Å². The molecule has 5 rings (SSSR count). The van der Waals surface area contributed by atoms with Crippen LogP contribution in [0.5, 0.6) is 0 Å². The molecule has 1 atom stereocenters. The number of aliphatic hydroxyl groups excluding tert-OH is 2. The van der Waals surface area contributed by atoms with E-state index in [4.69, 9.17) is 0 Å². The number of nitrogens with zero attached hydrogens (tertiary/aromatic N) is 3. The number of rotatable bonds is 8. The fourth-order valence-electron chi connectivity index (χ4n) is 5.35. The molecule has 1 saturated heterocycles. The Morgan fingerprint density at radius 1 is 0.771 bits per heavy atom. The van der Waals surface area contributed by atoms with Crippen LogP contribution < -0.4 is 0 Å². The second-order valence-corrected chi connectivity index (χ2v) is 9.61. The summed E-state index contributed by atoms with van der Waals surface area (Å²) in [6.07, 6.45) is -0.484. The zero-order valence-electron chi connectivity index (χ0n) is 20.5. The summed E-state index contributed by atoms with van der Waals surface area (Å²) in [5.74, 6) is 0. The van der Waals surface area contributed by atoms with Crippen LogP contribution in [0.25, 0.3) is 33.3 Å². The maximum atomic E-state index is 11.3. The summed E-state index contributed by atoms with van der Waals surface area (Å²) < 4.78 is 2.32. The van der Waals surface area contributed by atoms with E-state index in [1.807, 2.05) is 6.07 Å². The van der Waals surface area contributed by atoms with Crippen molar-refractivity contribution in [3.63, 3.8) is 0 Å². The van der Waals surface area contributed by atoms with Gasteiger partial charge in [0, 0.05) is 55.7 Å². The Balaban J connectivity index is 1.53. The molecule has 1 aliphatic rings. The van der Waals surface area contributed by atoms with Gasteiger partial charge in [-0.05, 0) is 30.2 Å². The van der Waals surface area contributed by atoms with E-state index >= 15 is 0 Å². The van der Waals surface area contributed by atoms with Gasteiger partial charge in [-0.3, -0.25) is 9.80 Å². The largest absolute Gasteiger partial charge is 0.395 e. The molecule has 2 N–H and O–H groups in total. The molecule has 1 aromatic heterocycles. The molecule has 0 unspecified atom stereocenters. The Morgan fingerprint density at radius 2 is 1.40 bits per heavy atom. The van der Waals surface area contributed by atoms with Crippen molar-refractivity contribution in [1.82, 2.24) is 14.4 Å². The molecule has 4 aromatic rings. The van der Waals surface area contributed by atoms with Crippen molar-refractivity contribution in [3.05, 3.63) is 84.4 Å². The smallest absolute Gasteiger partial charge is 0.0845 e. The zero-order valence-corrected chi connectivity index (χ0v) is 20.5. The number of hydrogen-bond donors (Lipinski definition) is 2. The second-order valence-electron chi connectivity index (χ2n) is 9.61. The van der Waals surface area contributed by atoms with Crippen LogP contribution >= 0.6 is 0 Å². The van der Waals surface area contributed by atoms with Gasteiger partial charge in [0.05, 0.1) is 24.9 Å². The lowest BCUT2D eigenvalue weighted by Crippen LogP contribution is -2.49. The van der Waals surface area contributed by atoms with Crippen molar-refractivity contribution in [3.8, 4) is 22.4 Å². The summed E-state index contributed by atoms with van der Waals surface area (Å²) in [6, 6.07) is 27.8. The summed E-state index contributed by atoms with van der Waals surface area (Å²) in [5, 5.41) is 21.7. The van der Waals surface area contributed by atoms with Gasteiger partial charge in [0.1, 0.15) is 0 Å². The maximum Gasteiger partial charge on any atom is 0.0845 e. The minimum atomic E-state index is -0.484. The van der Waals surface area contributed by atoms with Crippen LogP contribution in [0.1, 0.15) is 5.56 Å². The quantitative estimate of drug-likeness (QED) is 0.405. The molecule has 2 heterocycles. The Bertz CT molecular complexity index is 1250. The molecule has 3 aromatic carbocycles. The average Bonchev–Trinajstić information content (AvgIpc) is 3.19. The van der Waals surface area contributed by atoms with E-state index < -0.39 is 6.10 Å². The van der Waals surface area contributed by atoms with Crippen LogP contribution in [0.3, 0.4) is 0 Å². The first-order chi connectivity index (χ1) is 17.1. The maximum absolute atomic E-state index is 11.3. The first-order valence-corrected chi connectivity index (χ1v) is 12.6. The fraction of sp³-hybridized carbons (Fsp3) is 0.333. The topological polar surface area (TPSA) is 51.9 Å². The molecule has 1 aliphatic heterocycles. The Kier molecular flexibility index (Phi) is 7.30. The van der Waals surface area contributed by atoms with Crippen LogP contribution in [-0.4, -0.2) is 76.6 Å². The normalized spacial score (nSPS) is 16.1. The zero-order chi connectivity index (χ0) is 24.2. The number of β-amino-alcohol motifs (C(OH)–C–C–N with tert-alkyl or cyclic N) is 2. The summed E-state index contributed by atoms with van der Waals surface area (Å²) in [4.78, 5) is 4.62. The molecular formula is C30H35N3O2. The first kappa shape index (κ1) is 23.8. The molecule has 35 heavy (non-hydrogen) atoms. The number of aryl methyl sites for hydroxylation is 1. The van der Waals surface area contributed by atoms with Crippen LogP contribution in [-0.2, 0) is 6.54 Å². The Morgan fingerprint density at radius 3 is 2.06 bits per heavy atom. The van der Waals surface area contributed by atoms with Crippen molar-refractivity contribution in [2.24, 2.45) is 0 Å². The molecular weight excluding hydrogens is 434 g/mol. The average molecular weight is 470 g/mol. The van der Waals surface area contributed by atoms with E-state index in [1.165, 1.54) is 22.1 Å². The van der Waals surface area contributed by atoms with E-state index in [9.17, 15) is 10.2 Å². The molecule has 1 fully saturated rings. The summed E-state index contributed by atoms with van der Waals surface area (Å²) in [6.45, 7) is 7.97. The number of hydrogen-bond acceptors (Lipinski definition) is 4. The third kappa shape index (κ3) is 5.19. The monoisotopic (exact) mass is 469 g/mol. The SMILES string of the molecule is Cc1ccc2c(c1)c(-c1ccccc1)c(-c1ccccc1)n2C[C@@H](O)CN1CCN(CCO)CC1. The molecule has 0 amide bonds. The van der Waals surface area contributed by atoms with Crippen molar-refractivity contribution in [1.29, 1.82) is 0 Å². The Hall–Kier alpha value is -2.96. The highest BCUT2D eigenvalue weighted by Crippen LogP contribution is 2.41. The van der Waals surface area contributed by atoms with Gasteiger partial charge in [-0.2, -0.15) is 0 Å². The van der Waals surface area contributed by atoms with Crippen molar-refractivity contribution < 1.29 is 10.2 Å². The van der Waals surface area contributed by atoms with Crippen LogP contribution in [0.15, 0.2) is 78.9 Å². The molecule has 5 nitrogen and oxygen atoms in total. The third-order valence-electron chi connectivity index (χ3n) is 7.07. The first-order valence-electron chi connectivity index (χ1n) is 12.6. The van der Waals surface area contributed by atoms with E-state index in [1.54, 1.807) is 0 Å². The summed E-state index contributed by atoms with van der Waals surface area (Å²) in [5.41, 5.74) is 7.11. The molecule has 0 aliphatic carbocycles.